The minimum absolute atomic E-state index is 0.907. The number of fused-ring (bicyclic) bond motifs is 3. The van der Waals surface area contributed by atoms with Crippen molar-refractivity contribution in [2.45, 2.75) is 19.6 Å². The molecule has 0 N–H and O–H groups in total. The van der Waals surface area contributed by atoms with Crippen molar-refractivity contribution >= 4 is 32.3 Å². The van der Waals surface area contributed by atoms with Gasteiger partial charge in [0.2, 0.25) is 0 Å². The minimum Gasteiger partial charge on any atom is -0.291 e. The fourth-order valence-electron chi connectivity index (χ4n) is 4.95. The van der Waals surface area contributed by atoms with Gasteiger partial charge in [-0.3, -0.25) is 4.90 Å². The highest BCUT2D eigenvalue weighted by molar-refractivity contribution is 5.84. The zero-order valence-electron chi connectivity index (χ0n) is 19.2. The monoisotopic (exact) mass is 437 g/mol. The number of benzene rings is 6. The van der Waals surface area contributed by atoms with Crippen molar-refractivity contribution < 1.29 is 0 Å². The van der Waals surface area contributed by atoms with Crippen LogP contribution >= 0.6 is 0 Å². The van der Waals surface area contributed by atoms with Gasteiger partial charge in [-0.05, 0) is 67.2 Å². The molecular formula is C33H27N. The number of rotatable bonds is 6. The van der Waals surface area contributed by atoms with Crippen molar-refractivity contribution in [3.8, 4) is 0 Å². The zero-order chi connectivity index (χ0) is 22.7. The van der Waals surface area contributed by atoms with Crippen LogP contribution in [0.25, 0.3) is 32.3 Å². The first-order chi connectivity index (χ1) is 16.8. The maximum atomic E-state index is 2.55. The van der Waals surface area contributed by atoms with Gasteiger partial charge in [-0.15, -0.1) is 0 Å². The Morgan fingerprint density at radius 1 is 0.324 bits per heavy atom. The summed E-state index contributed by atoms with van der Waals surface area (Å²) < 4.78 is 0. The lowest BCUT2D eigenvalue weighted by atomic mass is 10.0. The third kappa shape index (κ3) is 4.44. The summed E-state index contributed by atoms with van der Waals surface area (Å²) in [5, 5.41) is 7.79. The van der Waals surface area contributed by atoms with E-state index in [1.165, 1.54) is 49.0 Å². The highest BCUT2D eigenvalue weighted by Crippen LogP contribution is 2.23. The van der Waals surface area contributed by atoms with Crippen molar-refractivity contribution in [1.29, 1.82) is 0 Å². The molecule has 0 aromatic heterocycles. The van der Waals surface area contributed by atoms with E-state index in [2.05, 4.69) is 132 Å². The summed E-state index contributed by atoms with van der Waals surface area (Å²) in [4.78, 5) is 2.55. The summed E-state index contributed by atoms with van der Waals surface area (Å²) in [6.45, 7) is 2.72. The fourth-order valence-corrected chi connectivity index (χ4v) is 4.95. The highest BCUT2D eigenvalue weighted by Gasteiger charge is 2.10. The van der Waals surface area contributed by atoms with Crippen LogP contribution in [0.15, 0.2) is 127 Å². The molecule has 6 rings (SSSR count). The topological polar surface area (TPSA) is 3.24 Å². The summed E-state index contributed by atoms with van der Waals surface area (Å²) in [7, 11) is 0. The molecule has 1 heteroatoms. The van der Waals surface area contributed by atoms with E-state index in [1.54, 1.807) is 0 Å². The molecule has 0 heterocycles. The van der Waals surface area contributed by atoms with Gasteiger partial charge in [0.15, 0.2) is 0 Å². The second-order valence-electron chi connectivity index (χ2n) is 9.19. The SMILES string of the molecule is c1ccc2cc(CN(Cc3ccc4ccccc4c3)Cc3ccc4ccccc4c3)ccc2c1. The fraction of sp³-hybridized carbons (Fsp3) is 0.0909. The third-order valence-electron chi connectivity index (χ3n) is 6.66. The predicted octanol–water partition coefficient (Wildman–Crippen LogP) is 8.35. The van der Waals surface area contributed by atoms with Gasteiger partial charge in [-0.1, -0.05) is 109 Å². The summed E-state index contributed by atoms with van der Waals surface area (Å²) in [5.74, 6) is 0. The second-order valence-corrected chi connectivity index (χ2v) is 9.19. The first-order valence-electron chi connectivity index (χ1n) is 12.0. The van der Waals surface area contributed by atoms with E-state index < -0.39 is 0 Å². The van der Waals surface area contributed by atoms with Crippen LogP contribution in [-0.2, 0) is 19.6 Å². The van der Waals surface area contributed by atoms with E-state index in [4.69, 9.17) is 0 Å². The van der Waals surface area contributed by atoms with Gasteiger partial charge in [0.25, 0.3) is 0 Å². The normalized spacial score (nSPS) is 11.6. The Kier molecular flexibility index (Phi) is 5.55. The maximum Gasteiger partial charge on any atom is 0.0241 e. The quantitative estimate of drug-likeness (QED) is 0.253. The van der Waals surface area contributed by atoms with Crippen molar-refractivity contribution in [3.63, 3.8) is 0 Å². The molecule has 0 aliphatic rings. The van der Waals surface area contributed by atoms with Gasteiger partial charge in [0.05, 0.1) is 0 Å². The third-order valence-corrected chi connectivity index (χ3v) is 6.66. The van der Waals surface area contributed by atoms with Crippen LogP contribution in [0.1, 0.15) is 16.7 Å². The van der Waals surface area contributed by atoms with Crippen LogP contribution in [0.5, 0.6) is 0 Å². The number of nitrogens with zero attached hydrogens (tertiary/aromatic N) is 1. The average molecular weight is 438 g/mol. The molecule has 0 aliphatic heterocycles. The van der Waals surface area contributed by atoms with Crippen LogP contribution < -0.4 is 0 Å². The van der Waals surface area contributed by atoms with Crippen molar-refractivity contribution in [2.75, 3.05) is 0 Å². The first-order valence-corrected chi connectivity index (χ1v) is 12.0. The van der Waals surface area contributed by atoms with Crippen LogP contribution in [0.3, 0.4) is 0 Å². The lowest BCUT2D eigenvalue weighted by molar-refractivity contribution is 0.248. The minimum atomic E-state index is 0.907. The van der Waals surface area contributed by atoms with Crippen molar-refractivity contribution in [3.05, 3.63) is 144 Å². The predicted molar refractivity (Wildman–Crippen MR) is 145 cm³/mol. The number of hydrogen-bond donors (Lipinski definition) is 0. The van der Waals surface area contributed by atoms with Crippen LogP contribution in [0.2, 0.25) is 0 Å². The molecule has 0 unspecified atom stereocenters. The average Bonchev–Trinajstić information content (AvgIpc) is 2.88. The molecular weight excluding hydrogens is 410 g/mol. The lowest BCUT2D eigenvalue weighted by Gasteiger charge is -2.23. The van der Waals surface area contributed by atoms with Crippen LogP contribution in [0, 0.1) is 0 Å². The molecule has 0 amide bonds. The smallest absolute Gasteiger partial charge is 0.0241 e. The Balaban J connectivity index is 1.33. The van der Waals surface area contributed by atoms with Gasteiger partial charge in [-0.2, -0.15) is 0 Å². The van der Waals surface area contributed by atoms with Crippen molar-refractivity contribution in [1.82, 2.24) is 4.90 Å². The largest absolute Gasteiger partial charge is 0.291 e. The second kappa shape index (κ2) is 9.13. The molecule has 0 saturated heterocycles. The summed E-state index contributed by atoms with van der Waals surface area (Å²) in [5.41, 5.74) is 4.04. The molecule has 0 atom stereocenters. The van der Waals surface area contributed by atoms with Gasteiger partial charge >= 0.3 is 0 Å². The van der Waals surface area contributed by atoms with Crippen LogP contribution in [-0.4, -0.2) is 4.90 Å². The van der Waals surface area contributed by atoms with Crippen LogP contribution in [0.4, 0.5) is 0 Å². The standard InChI is InChI=1S/C33H27N/c1-4-10-31-19-25(13-16-28(31)7-1)22-34(23-26-14-17-29-8-2-5-11-32(29)20-26)24-27-15-18-30-9-3-6-12-33(30)21-27/h1-21H,22-24H2. The highest BCUT2D eigenvalue weighted by atomic mass is 15.1. The van der Waals surface area contributed by atoms with Gasteiger partial charge in [0, 0.05) is 19.6 Å². The Bertz CT molecular complexity index is 1400. The number of hydrogen-bond acceptors (Lipinski definition) is 1. The molecule has 0 spiro atoms. The summed E-state index contributed by atoms with van der Waals surface area (Å²) in [6.07, 6.45) is 0. The lowest BCUT2D eigenvalue weighted by Crippen LogP contribution is -2.22. The van der Waals surface area contributed by atoms with Gasteiger partial charge < -0.3 is 0 Å². The molecule has 1 nitrogen and oxygen atoms in total. The Morgan fingerprint density at radius 3 is 0.941 bits per heavy atom. The molecule has 0 aliphatic carbocycles. The van der Waals surface area contributed by atoms with E-state index in [9.17, 15) is 0 Å². The van der Waals surface area contributed by atoms with Crippen molar-refractivity contribution in [2.24, 2.45) is 0 Å². The van der Waals surface area contributed by atoms with Gasteiger partial charge in [-0.25, -0.2) is 0 Å². The van der Waals surface area contributed by atoms with E-state index in [-0.39, 0.29) is 0 Å². The van der Waals surface area contributed by atoms with E-state index in [0.717, 1.165) is 19.6 Å². The molecule has 6 aromatic carbocycles. The molecule has 164 valence electrons. The Hall–Kier alpha value is -3.94. The molecule has 0 fully saturated rings. The van der Waals surface area contributed by atoms with E-state index in [1.807, 2.05) is 0 Å². The maximum absolute atomic E-state index is 2.55. The molecule has 34 heavy (non-hydrogen) atoms. The van der Waals surface area contributed by atoms with E-state index in [0.29, 0.717) is 0 Å². The Morgan fingerprint density at radius 2 is 0.618 bits per heavy atom. The molecule has 6 aromatic rings. The van der Waals surface area contributed by atoms with Gasteiger partial charge in [0.1, 0.15) is 0 Å². The summed E-state index contributed by atoms with van der Waals surface area (Å²) >= 11 is 0. The first kappa shape index (κ1) is 20.7. The van der Waals surface area contributed by atoms with E-state index >= 15 is 0 Å². The molecule has 0 saturated carbocycles. The Labute approximate surface area is 200 Å². The molecule has 0 bridgehead atoms. The zero-order valence-corrected chi connectivity index (χ0v) is 19.2. The molecule has 0 radical (unpaired) electrons. The summed E-state index contributed by atoms with van der Waals surface area (Å²) in [6, 6.07) is 46.4.